The molecule has 0 aromatic carbocycles. The van der Waals surface area contributed by atoms with E-state index in [9.17, 15) is 0 Å². The number of nitrogens with zero attached hydrogens (tertiary/aromatic N) is 2. The summed E-state index contributed by atoms with van der Waals surface area (Å²) >= 11 is 0. The van der Waals surface area contributed by atoms with Gasteiger partial charge in [-0.2, -0.15) is 0 Å². The zero-order chi connectivity index (χ0) is 14.1. The van der Waals surface area contributed by atoms with Crippen molar-refractivity contribution in [3.05, 3.63) is 23.5 Å². The molecule has 1 aromatic heterocycles. The van der Waals surface area contributed by atoms with Crippen LogP contribution in [0.1, 0.15) is 49.7 Å². The first-order valence-corrected chi connectivity index (χ1v) is 8.85. The lowest BCUT2D eigenvalue weighted by atomic mass is 9.82. The maximum atomic E-state index is 4.59. The summed E-state index contributed by atoms with van der Waals surface area (Å²) in [5.74, 6) is 0.910. The highest BCUT2D eigenvalue weighted by Gasteiger charge is 2.30. The molecule has 1 saturated carbocycles. The van der Waals surface area contributed by atoms with Crippen LogP contribution < -0.4 is 10.2 Å². The van der Waals surface area contributed by atoms with Crippen molar-refractivity contribution >= 4 is 5.69 Å². The van der Waals surface area contributed by atoms with E-state index in [1.807, 2.05) is 0 Å². The van der Waals surface area contributed by atoms with Crippen molar-refractivity contribution in [2.75, 3.05) is 24.5 Å². The molecule has 3 heteroatoms. The first-order chi connectivity index (χ1) is 10.4. The molecule has 21 heavy (non-hydrogen) atoms. The van der Waals surface area contributed by atoms with E-state index < -0.39 is 0 Å². The Kier molecular flexibility index (Phi) is 3.85. The maximum Gasteiger partial charge on any atom is 0.0591 e. The van der Waals surface area contributed by atoms with Gasteiger partial charge in [0.05, 0.1) is 11.9 Å². The average molecular weight is 285 g/mol. The van der Waals surface area contributed by atoms with Gasteiger partial charge >= 0.3 is 0 Å². The summed E-state index contributed by atoms with van der Waals surface area (Å²) in [6.45, 7) is 3.40. The number of nitrogens with one attached hydrogen (secondary N) is 1. The maximum absolute atomic E-state index is 4.59. The van der Waals surface area contributed by atoms with Crippen LogP contribution in [0.5, 0.6) is 0 Å². The van der Waals surface area contributed by atoms with Crippen LogP contribution in [0, 0.1) is 5.92 Å². The van der Waals surface area contributed by atoms with Gasteiger partial charge in [0.25, 0.3) is 0 Å². The number of hydrogen-bond acceptors (Lipinski definition) is 3. The van der Waals surface area contributed by atoms with Crippen molar-refractivity contribution in [2.24, 2.45) is 5.92 Å². The monoisotopic (exact) mass is 285 g/mol. The Morgan fingerprint density at radius 2 is 2.05 bits per heavy atom. The molecule has 1 atom stereocenters. The molecule has 2 fully saturated rings. The van der Waals surface area contributed by atoms with Crippen molar-refractivity contribution in [2.45, 2.75) is 57.4 Å². The van der Waals surface area contributed by atoms with Gasteiger partial charge in [-0.15, -0.1) is 0 Å². The number of piperazine rings is 1. The van der Waals surface area contributed by atoms with E-state index in [4.69, 9.17) is 0 Å². The molecule has 0 radical (unpaired) electrons. The minimum absolute atomic E-state index is 0.693. The van der Waals surface area contributed by atoms with Crippen LogP contribution in [0.2, 0.25) is 0 Å². The van der Waals surface area contributed by atoms with Crippen LogP contribution in [0.4, 0.5) is 5.69 Å². The predicted octanol–water partition coefficient (Wildman–Crippen LogP) is 2.93. The van der Waals surface area contributed by atoms with E-state index in [2.05, 4.69) is 27.6 Å². The van der Waals surface area contributed by atoms with Gasteiger partial charge in [0, 0.05) is 31.9 Å². The molecule has 3 heterocycles. The van der Waals surface area contributed by atoms with Gasteiger partial charge < -0.3 is 10.2 Å². The molecule has 3 nitrogen and oxygen atoms in total. The fraction of sp³-hybridized carbons (Fsp3) is 0.722. The molecule has 0 spiro atoms. The van der Waals surface area contributed by atoms with Crippen LogP contribution in [-0.4, -0.2) is 30.7 Å². The Labute approximate surface area is 128 Å². The molecule has 0 unspecified atom stereocenters. The zero-order valence-corrected chi connectivity index (χ0v) is 13.0. The number of pyridine rings is 1. The van der Waals surface area contributed by atoms with Gasteiger partial charge in [-0.25, -0.2) is 0 Å². The number of anilines is 1. The second kappa shape index (κ2) is 5.96. The van der Waals surface area contributed by atoms with Crippen LogP contribution in [0.15, 0.2) is 12.4 Å². The minimum atomic E-state index is 0.693. The van der Waals surface area contributed by atoms with Gasteiger partial charge in [-0.1, -0.05) is 32.1 Å². The third-order valence-electron chi connectivity index (χ3n) is 5.74. The van der Waals surface area contributed by atoms with Crippen molar-refractivity contribution < 1.29 is 0 Å². The van der Waals surface area contributed by atoms with Gasteiger partial charge in [0.15, 0.2) is 0 Å². The van der Waals surface area contributed by atoms with Crippen molar-refractivity contribution in [1.29, 1.82) is 0 Å². The molecule has 0 bridgehead atoms. The fourth-order valence-corrected chi connectivity index (χ4v) is 4.58. The summed E-state index contributed by atoms with van der Waals surface area (Å²) in [6.07, 6.45) is 15.3. The van der Waals surface area contributed by atoms with Crippen LogP contribution in [-0.2, 0) is 12.8 Å². The van der Waals surface area contributed by atoms with E-state index >= 15 is 0 Å². The lowest BCUT2D eigenvalue weighted by molar-refractivity contribution is 0.355. The second-order valence-electron chi connectivity index (χ2n) is 7.09. The summed E-state index contributed by atoms with van der Waals surface area (Å²) in [5, 5.41) is 3.53. The summed E-state index contributed by atoms with van der Waals surface area (Å²) in [5.41, 5.74) is 4.62. The van der Waals surface area contributed by atoms with E-state index in [0.717, 1.165) is 25.6 Å². The Morgan fingerprint density at radius 1 is 1.14 bits per heavy atom. The van der Waals surface area contributed by atoms with Crippen molar-refractivity contribution in [1.82, 2.24) is 10.3 Å². The molecule has 1 aromatic rings. The highest BCUT2D eigenvalue weighted by molar-refractivity contribution is 5.58. The van der Waals surface area contributed by atoms with E-state index in [1.54, 1.807) is 11.1 Å². The second-order valence-corrected chi connectivity index (χ2v) is 7.09. The zero-order valence-electron chi connectivity index (χ0n) is 13.0. The molecule has 1 N–H and O–H groups in total. The normalized spacial score (nSPS) is 26.3. The standard InChI is InChI=1S/C18H27N3/c1-2-4-14(5-3-1)10-15-11-20-13-18-17(15)7-6-16-12-19-8-9-21(16)18/h11,13-14,16,19H,1-10,12H2/t16-/m1/s1. The first-order valence-electron chi connectivity index (χ1n) is 8.85. The van der Waals surface area contributed by atoms with Crippen molar-refractivity contribution in [3.63, 3.8) is 0 Å². The number of fused-ring (bicyclic) bond motifs is 3. The molecular weight excluding hydrogens is 258 g/mol. The van der Waals surface area contributed by atoms with Gasteiger partial charge in [-0.3, -0.25) is 4.98 Å². The Morgan fingerprint density at radius 3 is 2.95 bits per heavy atom. The average Bonchev–Trinajstić information content (AvgIpc) is 2.56. The number of hydrogen-bond donors (Lipinski definition) is 1. The van der Waals surface area contributed by atoms with E-state index in [1.165, 1.54) is 57.1 Å². The van der Waals surface area contributed by atoms with Gasteiger partial charge in [-0.05, 0) is 36.3 Å². The van der Waals surface area contributed by atoms with Crippen LogP contribution >= 0.6 is 0 Å². The Hall–Kier alpha value is -1.09. The quantitative estimate of drug-likeness (QED) is 0.905. The Balaban J connectivity index is 1.58. The molecule has 3 aliphatic rings. The summed E-state index contributed by atoms with van der Waals surface area (Å²) in [6, 6.07) is 0.693. The third kappa shape index (κ3) is 2.68. The molecule has 1 aliphatic carbocycles. The minimum Gasteiger partial charge on any atom is -0.365 e. The van der Waals surface area contributed by atoms with Crippen LogP contribution in [0.3, 0.4) is 0 Å². The fourth-order valence-electron chi connectivity index (χ4n) is 4.58. The number of aromatic nitrogens is 1. The highest BCUT2D eigenvalue weighted by atomic mass is 15.2. The molecule has 2 aliphatic heterocycles. The number of rotatable bonds is 2. The molecular formula is C18H27N3. The Bertz CT molecular complexity index is 493. The van der Waals surface area contributed by atoms with E-state index in [0.29, 0.717) is 6.04 Å². The topological polar surface area (TPSA) is 28.2 Å². The summed E-state index contributed by atoms with van der Waals surface area (Å²) in [7, 11) is 0. The summed E-state index contributed by atoms with van der Waals surface area (Å²) < 4.78 is 0. The van der Waals surface area contributed by atoms with Crippen LogP contribution in [0.25, 0.3) is 0 Å². The molecule has 0 amide bonds. The molecule has 4 rings (SSSR count). The first kappa shape index (κ1) is 13.6. The smallest absolute Gasteiger partial charge is 0.0591 e. The van der Waals surface area contributed by atoms with Gasteiger partial charge in [0.1, 0.15) is 0 Å². The molecule has 1 saturated heterocycles. The molecule has 114 valence electrons. The SMILES string of the molecule is c1ncc2c(c1CC1CCCCC1)CC[C@@H]1CNCCN21. The predicted molar refractivity (Wildman–Crippen MR) is 86.8 cm³/mol. The largest absolute Gasteiger partial charge is 0.365 e. The van der Waals surface area contributed by atoms with E-state index in [-0.39, 0.29) is 0 Å². The van der Waals surface area contributed by atoms with Crippen molar-refractivity contribution in [3.8, 4) is 0 Å². The van der Waals surface area contributed by atoms with Gasteiger partial charge in [0.2, 0.25) is 0 Å². The lowest BCUT2D eigenvalue weighted by Gasteiger charge is -2.42. The summed E-state index contributed by atoms with van der Waals surface area (Å²) in [4.78, 5) is 7.21. The highest BCUT2D eigenvalue weighted by Crippen LogP contribution is 2.35. The third-order valence-corrected chi connectivity index (χ3v) is 5.74. The lowest BCUT2D eigenvalue weighted by Crippen LogP contribution is -2.53.